The van der Waals surface area contributed by atoms with Crippen LogP contribution in [0.1, 0.15) is 54.2 Å². The van der Waals surface area contributed by atoms with Crippen molar-refractivity contribution in [2.75, 3.05) is 13.1 Å². The minimum Gasteiger partial charge on any atom is -0.317 e. The predicted molar refractivity (Wildman–Crippen MR) is 85.2 cm³/mol. The molecule has 3 heterocycles. The quantitative estimate of drug-likeness (QED) is 0.924. The van der Waals surface area contributed by atoms with Crippen LogP contribution in [0.25, 0.3) is 5.52 Å². The zero-order chi connectivity index (χ0) is 15.3. The van der Waals surface area contributed by atoms with E-state index in [1.165, 1.54) is 29.0 Å². The van der Waals surface area contributed by atoms with Gasteiger partial charge in [-0.15, -0.1) is 0 Å². The van der Waals surface area contributed by atoms with Gasteiger partial charge in [-0.1, -0.05) is 6.07 Å². The smallest absolute Gasteiger partial charge is 0.255 e. The summed E-state index contributed by atoms with van der Waals surface area (Å²) in [5, 5.41) is 3.33. The van der Waals surface area contributed by atoms with Crippen molar-refractivity contribution in [1.82, 2.24) is 9.72 Å². The summed E-state index contributed by atoms with van der Waals surface area (Å²) in [6.45, 7) is 3.86. The fourth-order valence-electron chi connectivity index (χ4n) is 3.92. The molecule has 2 aromatic rings. The summed E-state index contributed by atoms with van der Waals surface area (Å²) in [6, 6.07) is 3.52. The molecular formula is C18H21FN2O. The Labute approximate surface area is 129 Å². The second kappa shape index (κ2) is 5.20. The molecule has 1 saturated carbocycles. The molecule has 0 atom stereocenters. The first-order chi connectivity index (χ1) is 10.7. The van der Waals surface area contributed by atoms with Crippen molar-refractivity contribution in [2.24, 2.45) is 0 Å². The van der Waals surface area contributed by atoms with Crippen molar-refractivity contribution >= 4 is 5.52 Å². The van der Waals surface area contributed by atoms with Crippen LogP contribution >= 0.6 is 0 Å². The number of rotatable bonds is 2. The molecule has 0 spiro atoms. The maximum atomic E-state index is 14.7. The van der Waals surface area contributed by atoms with E-state index in [0.29, 0.717) is 5.92 Å². The van der Waals surface area contributed by atoms with Crippen molar-refractivity contribution in [3.8, 4) is 0 Å². The lowest BCUT2D eigenvalue weighted by molar-refractivity contribution is 0.442. The summed E-state index contributed by atoms with van der Waals surface area (Å²) in [5.41, 5.74) is 3.82. The average molecular weight is 300 g/mol. The molecule has 0 bridgehead atoms. The van der Waals surface area contributed by atoms with E-state index < -0.39 is 0 Å². The second-order valence-electron chi connectivity index (χ2n) is 6.66. The Bertz CT molecular complexity index is 786. The fraction of sp³-hybridized carbons (Fsp3) is 0.500. The van der Waals surface area contributed by atoms with Crippen LogP contribution in [0.3, 0.4) is 0 Å². The third kappa shape index (κ3) is 2.17. The van der Waals surface area contributed by atoms with Crippen molar-refractivity contribution in [3.63, 3.8) is 0 Å². The molecule has 1 N–H and O–H groups in total. The number of nitrogens with zero attached hydrogens (tertiary/aromatic N) is 1. The van der Waals surface area contributed by atoms with E-state index in [1.54, 1.807) is 6.07 Å². The van der Waals surface area contributed by atoms with Gasteiger partial charge in [0.05, 0.1) is 5.52 Å². The average Bonchev–Trinajstić information content (AvgIpc) is 3.34. The van der Waals surface area contributed by atoms with Gasteiger partial charge in [0.25, 0.3) is 5.56 Å². The molecule has 0 unspecified atom stereocenters. The summed E-state index contributed by atoms with van der Waals surface area (Å²) in [4.78, 5) is 12.2. The van der Waals surface area contributed by atoms with Gasteiger partial charge in [0.15, 0.2) is 0 Å². The van der Waals surface area contributed by atoms with Crippen LogP contribution in [0.5, 0.6) is 0 Å². The molecule has 22 heavy (non-hydrogen) atoms. The fourth-order valence-corrected chi connectivity index (χ4v) is 3.92. The molecule has 4 heteroatoms. The van der Waals surface area contributed by atoms with E-state index in [1.807, 2.05) is 13.0 Å². The number of piperidine rings is 1. The summed E-state index contributed by atoms with van der Waals surface area (Å²) in [7, 11) is 0. The number of fused-ring (bicyclic) bond motifs is 1. The molecule has 2 aromatic heterocycles. The molecule has 1 aliphatic carbocycles. The van der Waals surface area contributed by atoms with Gasteiger partial charge < -0.3 is 5.32 Å². The number of nitrogens with one attached hydrogen (secondary N) is 1. The summed E-state index contributed by atoms with van der Waals surface area (Å²) >= 11 is 0. The van der Waals surface area contributed by atoms with E-state index in [4.69, 9.17) is 0 Å². The molecule has 2 fully saturated rings. The molecule has 3 nitrogen and oxygen atoms in total. The highest BCUT2D eigenvalue weighted by molar-refractivity contribution is 5.65. The lowest BCUT2D eigenvalue weighted by atomic mass is 9.86. The molecule has 1 aliphatic heterocycles. The SMILES string of the molecule is Cc1c(C2CCNCC2)c(F)cn2c(=O)ccc(C3CC3)c12. The minimum atomic E-state index is -0.230. The van der Waals surface area contributed by atoms with Crippen LogP contribution in [0.15, 0.2) is 23.1 Å². The van der Waals surface area contributed by atoms with E-state index in [9.17, 15) is 9.18 Å². The Morgan fingerprint density at radius 3 is 2.55 bits per heavy atom. The van der Waals surface area contributed by atoms with Gasteiger partial charge in [0, 0.05) is 12.3 Å². The number of halogens is 1. The Morgan fingerprint density at radius 1 is 1.14 bits per heavy atom. The number of pyridine rings is 2. The van der Waals surface area contributed by atoms with Crippen molar-refractivity contribution < 1.29 is 4.39 Å². The normalized spacial score (nSPS) is 19.7. The summed E-state index contributed by atoms with van der Waals surface area (Å²) < 4.78 is 16.2. The first-order valence-corrected chi connectivity index (χ1v) is 8.22. The molecule has 0 aromatic carbocycles. The van der Waals surface area contributed by atoms with Gasteiger partial charge in [-0.3, -0.25) is 9.20 Å². The first kappa shape index (κ1) is 13.9. The third-order valence-corrected chi connectivity index (χ3v) is 5.18. The zero-order valence-corrected chi connectivity index (χ0v) is 12.9. The van der Waals surface area contributed by atoms with Gasteiger partial charge in [0.2, 0.25) is 0 Å². The van der Waals surface area contributed by atoms with E-state index in [2.05, 4.69) is 5.32 Å². The molecule has 4 rings (SSSR count). The van der Waals surface area contributed by atoms with Gasteiger partial charge >= 0.3 is 0 Å². The van der Waals surface area contributed by atoms with Crippen LogP contribution in [0.4, 0.5) is 4.39 Å². The van der Waals surface area contributed by atoms with Crippen molar-refractivity contribution in [2.45, 2.75) is 44.4 Å². The minimum absolute atomic E-state index is 0.140. The van der Waals surface area contributed by atoms with Gasteiger partial charge in [-0.25, -0.2) is 4.39 Å². The van der Waals surface area contributed by atoms with E-state index in [0.717, 1.165) is 42.6 Å². The molecule has 0 radical (unpaired) electrons. The Balaban J connectivity index is 1.98. The number of aromatic nitrogens is 1. The van der Waals surface area contributed by atoms with Crippen LogP contribution in [-0.2, 0) is 0 Å². The number of hydrogen-bond donors (Lipinski definition) is 1. The largest absolute Gasteiger partial charge is 0.317 e. The maximum Gasteiger partial charge on any atom is 0.255 e. The van der Waals surface area contributed by atoms with Gasteiger partial charge in [-0.2, -0.15) is 0 Å². The van der Waals surface area contributed by atoms with E-state index >= 15 is 0 Å². The predicted octanol–water partition coefficient (Wildman–Crippen LogP) is 3.09. The highest BCUT2D eigenvalue weighted by Crippen LogP contribution is 2.43. The topological polar surface area (TPSA) is 33.5 Å². The Kier molecular flexibility index (Phi) is 3.30. The highest BCUT2D eigenvalue weighted by atomic mass is 19.1. The first-order valence-electron chi connectivity index (χ1n) is 8.22. The van der Waals surface area contributed by atoms with Crippen molar-refractivity contribution in [1.29, 1.82) is 0 Å². The second-order valence-corrected chi connectivity index (χ2v) is 6.66. The molecule has 116 valence electrons. The lowest BCUT2D eigenvalue weighted by Crippen LogP contribution is -2.28. The molecule has 1 saturated heterocycles. The third-order valence-electron chi connectivity index (χ3n) is 5.18. The van der Waals surface area contributed by atoms with Crippen LogP contribution < -0.4 is 10.9 Å². The van der Waals surface area contributed by atoms with Crippen molar-refractivity contribution in [3.05, 3.63) is 51.2 Å². The zero-order valence-electron chi connectivity index (χ0n) is 12.9. The van der Waals surface area contributed by atoms with Crippen LogP contribution in [-0.4, -0.2) is 17.5 Å². The number of hydrogen-bond acceptors (Lipinski definition) is 2. The van der Waals surface area contributed by atoms with E-state index in [-0.39, 0.29) is 17.3 Å². The maximum absolute atomic E-state index is 14.7. The summed E-state index contributed by atoms with van der Waals surface area (Å²) in [6.07, 6.45) is 5.68. The lowest BCUT2D eigenvalue weighted by Gasteiger charge is -2.26. The van der Waals surface area contributed by atoms with Crippen LogP contribution in [0, 0.1) is 12.7 Å². The number of aryl methyl sites for hydroxylation is 1. The molecule has 2 aliphatic rings. The standard InChI is InChI=1S/C18H21FN2O/c1-11-17(13-6-8-20-9-7-13)15(19)10-21-16(22)5-4-14(18(11)21)12-2-3-12/h4-5,10,12-13,20H,2-3,6-9H2,1H3. The summed E-state index contributed by atoms with van der Waals surface area (Å²) in [5.74, 6) is 0.571. The van der Waals surface area contributed by atoms with Gasteiger partial charge in [-0.05, 0) is 74.2 Å². The Morgan fingerprint density at radius 2 is 1.86 bits per heavy atom. The van der Waals surface area contributed by atoms with Crippen LogP contribution in [0.2, 0.25) is 0 Å². The van der Waals surface area contributed by atoms with Gasteiger partial charge in [0.1, 0.15) is 5.82 Å². The molecular weight excluding hydrogens is 279 g/mol. The Hall–Kier alpha value is -1.68. The highest BCUT2D eigenvalue weighted by Gasteiger charge is 2.29. The monoisotopic (exact) mass is 300 g/mol. The molecule has 0 amide bonds.